The number of hydrogen-bond acceptors (Lipinski definition) is 4. The highest BCUT2D eigenvalue weighted by molar-refractivity contribution is 7.09. The lowest BCUT2D eigenvalue weighted by atomic mass is 10.2. The molecule has 2 aromatic heterocycles. The Morgan fingerprint density at radius 3 is 2.65 bits per heavy atom. The zero-order valence-corrected chi connectivity index (χ0v) is 11.0. The van der Waals surface area contributed by atoms with Gasteiger partial charge in [0.2, 0.25) is 0 Å². The van der Waals surface area contributed by atoms with Crippen LogP contribution in [0, 0.1) is 13.8 Å². The molecule has 1 N–H and O–H groups in total. The van der Waals surface area contributed by atoms with Gasteiger partial charge in [-0.05, 0) is 20.3 Å². The van der Waals surface area contributed by atoms with Crippen molar-refractivity contribution in [3.63, 3.8) is 0 Å². The van der Waals surface area contributed by atoms with E-state index in [9.17, 15) is 4.79 Å². The first kappa shape index (κ1) is 12.0. The Hall–Kier alpha value is -1.49. The number of nitrogens with zero attached hydrogens (tertiary/aromatic N) is 2. The molecule has 90 valence electrons. The van der Waals surface area contributed by atoms with E-state index in [0.717, 1.165) is 22.0 Å². The van der Waals surface area contributed by atoms with E-state index in [-0.39, 0.29) is 5.56 Å². The molecule has 0 aliphatic heterocycles. The van der Waals surface area contributed by atoms with E-state index in [0.29, 0.717) is 18.7 Å². The van der Waals surface area contributed by atoms with Crippen molar-refractivity contribution in [3.8, 4) is 0 Å². The van der Waals surface area contributed by atoms with Gasteiger partial charge in [-0.1, -0.05) is 6.92 Å². The highest BCUT2D eigenvalue weighted by Crippen LogP contribution is 2.11. The predicted molar refractivity (Wildman–Crippen MR) is 68.6 cm³/mol. The second-order valence-corrected chi connectivity index (χ2v) is 5.03. The zero-order chi connectivity index (χ0) is 12.4. The summed E-state index contributed by atoms with van der Waals surface area (Å²) >= 11 is 1.61. The molecule has 0 saturated heterocycles. The van der Waals surface area contributed by atoms with Gasteiger partial charge in [-0.2, -0.15) is 0 Å². The molecule has 5 heteroatoms. The molecule has 2 aromatic rings. The standard InChI is InChI=1S/C12H15N3OS/c1-4-10-7(2)13-11(15-12(10)16)5-9-6-17-8(3)14-9/h6H,4-5H2,1-3H3,(H,13,15,16). The summed E-state index contributed by atoms with van der Waals surface area (Å²) in [6.07, 6.45) is 1.30. The van der Waals surface area contributed by atoms with Crippen molar-refractivity contribution in [1.29, 1.82) is 0 Å². The van der Waals surface area contributed by atoms with Crippen LogP contribution in [0.15, 0.2) is 10.2 Å². The van der Waals surface area contributed by atoms with Crippen molar-refractivity contribution in [3.05, 3.63) is 43.5 Å². The van der Waals surface area contributed by atoms with Crippen molar-refractivity contribution in [2.24, 2.45) is 0 Å². The van der Waals surface area contributed by atoms with Crippen LogP contribution in [0.1, 0.15) is 34.7 Å². The van der Waals surface area contributed by atoms with Crippen LogP contribution in [0.5, 0.6) is 0 Å². The molecule has 0 bridgehead atoms. The Morgan fingerprint density at radius 2 is 2.12 bits per heavy atom. The van der Waals surface area contributed by atoms with E-state index in [1.807, 2.05) is 26.2 Å². The van der Waals surface area contributed by atoms with Gasteiger partial charge in [-0.3, -0.25) is 4.79 Å². The van der Waals surface area contributed by atoms with Crippen molar-refractivity contribution < 1.29 is 0 Å². The SMILES string of the molecule is CCc1c(C)nc(Cc2csc(C)n2)[nH]c1=O. The molecule has 4 nitrogen and oxygen atoms in total. The fraction of sp³-hybridized carbons (Fsp3) is 0.417. The third-order valence-corrected chi connectivity index (χ3v) is 3.46. The van der Waals surface area contributed by atoms with Crippen LogP contribution in [0.2, 0.25) is 0 Å². The van der Waals surface area contributed by atoms with E-state index in [1.165, 1.54) is 0 Å². The lowest BCUT2D eigenvalue weighted by Gasteiger charge is -2.04. The Labute approximate surface area is 104 Å². The van der Waals surface area contributed by atoms with E-state index < -0.39 is 0 Å². The number of aryl methyl sites for hydroxylation is 2. The van der Waals surface area contributed by atoms with Crippen molar-refractivity contribution in [2.75, 3.05) is 0 Å². The van der Waals surface area contributed by atoms with Gasteiger partial charge in [-0.25, -0.2) is 9.97 Å². The minimum absolute atomic E-state index is 0.0260. The van der Waals surface area contributed by atoms with Gasteiger partial charge in [0.1, 0.15) is 5.82 Å². The predicted octanol–water partition coefficient (Wildman–Crippen LogP) is 2.00. The number of nitrogens with one attached hydrogen (secondary N) is 1. The molecule has 0 atom stereocenters. The molecule has 0 aliphatic rings. The number of thiazole rings is 1. The molecule has 0 aromatic carbocycles. The van der Waals surface area contributed by atoms with Gasteiger partial charge < -0.3 is 4.98 Å². The summed E-state index contributed by atoms with van der Waals surface area (Å²) in [6.45, 7) is 5.81. The molecule has 2 rings (SSSR count). The van der Waals surface area contributed by atoms with Crippen molar-refractivity contribution in [1.82, 2.24) is 15.0 Å². The second kappa shape index (κ2) is 4.79. The summed E-state index contributed by atoms with van der Waals surface area (Å²) in [7, 11) is 0. The van der Waals surface area contributed by atoms with Gasteiger partial charge >= 0.3 is 0 Å². The largest absolute Gasteiger partial charge is 0.310 e. The second-order valence-electron chi connectivity index (χ2n) is 3.96. The summed E-state index contributed by atoms with van der Waals surface area (Å²) in [4.78, 5) is 23.4. The molecule has 0 aliphatic carbocycles. The monoisotopic (exact) mass is 249 g/mol. The third kappa shape index (κ3) is 2.61. The summed E-state index contributed by atoms with van der Waals surface area (Å²) in [6, 6.07) is 0. The van der Waals surface area contributed by atoms with E-state index in [4.69, 9.17) is 0 Å². The first-order valence-electron chi connectivity index (χ1n) is 5.59. The molecule has 0 fully saturated rings. The van der Waals surface area contributed by atoms with Gasteiger partial charge in [0.05, 0.1) is 10.7 Å². The zero-order valence-electron chi connectivity index (χ0n) is 10.2. The van der Waals surface area contributed by atoms with E-state index >= 15 is 0 Å². The molecule has 2 heterocycles. The third-order valence-electron chi connectivity index (χ3n) is 2.64. The van der Waals surface area contributed by atoms with Crippen LogP contribution in [0.25, 0.3) is 0 Å². The number of H-pyrrole nitrogens is 1. The van der Waals surface area contributed by atoms with Gasteiger partial charge in [0, 0.05) is 23.1 Å². The highest BCUT2D eigenvalue weighted by Gasteiger charge is 2.08. The van der Waals surface area contributed by atoms with Crippen LogP contribution in [-0.4, -0.2) is 15.0 Å². The smallest absolute Gasteiger partial charge is 0.254 e. The fourth-order valence-corrected chi connectivity index (χ4v) is 2.44. The molecular formula is C12H15N3OS. The molecule has 0 spiro atoms. The highest BCUT2D eigenvalue weighted by atomic mass is 32.1. The topological polar surface area (TPSA) is 58.6 Å². The maximum atomic E-state index is 11.8. The summed E-state index contributed by atoms with van der Waals surface area (Å²) in [5.74, 6) is 0.690. The summed E-state index contributed by atoms with van der Waals surface area (Å²) < 4.78 is 0. The number of aromatic nitrogens is 3. The molecule has 0 saturated carbocycles. The quantitative estimate of drug-likeness (QED) is 0.905. The minimum atomic E-state index is -0.0260. The molecule has 0 unspecified atom stereocenters. The molecule has 17 heavy (non-hydrogen) atoms. The molecule has 0 amide bonds. The normalized spacial score (nSPS) is 10.8. The number of rotatable bonds is 3. The minimum Gasteiger partial charge on any atom is -0.310 e. The molecular weight excluding hydrogens is 234 g/mol. The maximum Gasteiger partial charge on any atom is 0.254 e. The Morgan fingerprint density at radius 1 is 1.35 bits per heavy atom. The number of aromatic amines is 1. The van der Waals surface area contributed by atoms with Gasteiger partial charge in [0.15, 0.2) is 0 Å². The van der Waals surface area contributed by atoms with E-state index in [2.05, 4.69) is 15.0 Å². The first-order valence-corrected chi connectivity index (χ1v) is 6.47. The van der Waals surface area contributed by atoms with Crippen LogP contribution in [0.3, 0.4) is 0 Å². The average molecular weight is 249 g/mol. The average Bonchev–Trinajstić information content (AvgIpc) is 2.63. The summed E-state index contributed by atoms with van der Waals surface area (Å²) in [5.41, 5.74) is 2.52. The summed E-state index contributed by atoms with van der Waals surface area (Å²) in [5, 5.41) is 3.03. The number of hydrogen-bond donors (Lipinski definition) is 1. The van der Waals surface area contributed by atoms with Crippen LogP contribution in [0.4, 0.5) is 0 Å². The molecule has 0 radical (unpaired) electrons. The van der Waals surface area contributed by atoms with E-state index in [1.54, 1.807) is 11.3 Å². The van der Waals surface area contributed by atoms with Crippen molar-refractivity contribution >= 4 is 11.3 Å². The maximum absolute atomic E-state index is 11.8. The fourth-order valence-electron chi connectivity index (χ4n) is 1.83. The van der Waals surface area contributed by atoms with Crippen LogP contribution in [-0.2, 0) is 12.8 Å². The van der Waals surface area contributed by atoms with Crippen molar-refractivity contribution in [2.45, 2.75) is 33.6 Å². The van der Waals surface area contributed by atoms with Crippen LogP contribution < -0.4 is 5.56 Å². The Bertz CT molecular complexity index is 586. The lowest BCUT2D eigenvalue weighted by molar-refractivity contribution is 0.867. The van der Waals surface area contributed by atoms with Gasteiger partial charge in [-0.15, -0.1) is 11.3 Å². The Balaban J connectivity index is 2.32. The van der Waals surface area contributed by atoms with Gasteiger partial charge in [0.25, 0.3) is 5.56 Å². The van der Waals surface area contributed by atoms with Crippen LogP contribution >= 0.6 is 11.3 Å². The Kier molecular flexibility index (Phi) is 3.38. The first-order chi connectivity index (χ1) is 8.10. The lowest BCUT2D eigenvalue weighted by Crippen LogP contribution is -2.18.